The van der Waals surface area contributed by atoms with E-state index in [-0.39, 0.29) is 23.5 Å². The second-order valence-electron chi connectivity index (χ2n) is 7.72. The molecule has 13 heteroatoms. The van der Waals surface area contributed by atoms with Crippen LogP contribution >= 0.6 is 0 Å². The summed E-state index contributed by atoms with van der Waals surface area (Å²) in [5.41, 5.74) is -1.07. The third-order valence-corrected chi connectivity index (χ3v) is 5.17. The maximum Gasteiger partial charge on any atom is 0.422 e. The molecule has 0 aliphatic rings. The normalized spacial score (nSPS) is 12.2. The van der Waals surface area contributed by atoms with Crippen molar-refractivity contribution in [3.8, 4) is 34.3 Å². The molecule has 4 aromatic rings. The second-order valence-corrected chi connectivity index (χ2v) is 7.72. The topological polar surface area (TPSA) is 143 Å². The Morgan fingerprint density at radius 1 is 0.973 bits per heavy atom. The summed E-state index contributed by atoms with van der Waals surface area (Å²) in [7, 11) is 0. The summed E-state index contributed by atoms with van der Waals surface area (Å²) >= 11 is 0. The van der Waals surface area contributed by atoms with Crippen LogP contribution in [0.4, 0.5) is 13.2 Å². The number of carbonyl (C=O) groups excluding carboxylic acids is 2. The lowest BCUT2D eigenvalue weighted by Crippen LogP contribution is -2.38. The van der Waals surface area contributed by atoms with Crippen LogP contribution in [-0.2, 0) is 15.8 Å². The van der Waals surface area contributed by atoms with Gasteiger partial charge in [-0.2, -0.15) is 18.2 Å². The Hall–Kier alpha value is -4.52. The van der Waals surface area contributed by atoms with Crippen LogP contribution in [0.2, 0.25) is 0 Å². The molecule has 0 bridgehead atoms. The minimum Gasteiger partial charge on any atom is -0.378 e. The zero-order chi connectivity index (χ0) is 26.6. The Kier molecular flexibility index (Phi) is 7.34. The number of nitrogens with one attached hydrogen (secondary N) is 2. The van der Waals surface area contributed by atoms with E-state index in [9.17, 15) is 27.9 Å². The number of hydrogen-bond donors (Lipinski definition) is 3. The first kappa shape index (κ1) is 25.6. The second kappa shape index (κ2) is 10.6. The molecular weight excluding hydrogens is 495 g/mol. The third-order valence-electron chi connectivity index (χ3n) is 5.17. The van der Waals surface area contributed by atoms with Gasteiger partial charge in [0.15, 0.2) is 17.6 Å². The van der Waals surface area contributed by atoms with Crippen molar-refractivity contribution in [1.82, 2.24) is 25.9 Å². The smallest absolute Gasteiger partial charge is 0.378 e. The first-order chi connectivity index (χ1) is 17.7. The number of amides is 2. The number of hydrogen-bond acceptors (Lipinski definition) is 8. The van der Waals surface area contributed by atoms with Gasteiger partial charge in [-0.25, -0.2) is 0 Å². The highest BCUT2D eigenvalue weighted by Crippen LogP contribution is 2.43. The Morgan fingerprint density at radius 3 is 2.32 bits per heavy atom. The molecule has 0 unspecified atom stereocenters. The first-order valence-corrected chi connectivity index (χ1v) is 11.0. The molecule has 4 rings (SSSR count). The monoisotopic (exact) mass is 515 g/mol. The summed E-state index contributed by atoms with van der Waals surface area (Å²) in [6.07, 6.45) is -6.37. The first-order valence-electron chi connectivity index (χ1n) is 11.0. The molecule has 0 saturated heterocycles. The van der Waals surface area contributed by atoms with Crippen molar-refractivity contribution in [1.29, 1.82) is 0 Å². The number of alkyl halides is 3. The molecule has 0 aliphatic heterocycles. The molecular formula is C24H20F3N5O5. The molecule has 2 heterocycles. The molecule has 0 aliphatic carbocycles. The van der Waals surface area contributed by atoms with E-state index in [1.165, 1.54) is 36.4 Å². The van der Waals surface area contributed by atoms with Gasteiger partial charge in [0.1, 0.15) is 5.56 Å². The van der Waals surface area contributed by atoms with Crippen molar-refractivity contribution in [3.05, 3.63) is 65.7 Å². The SMILES string of the molecule is CCNC(=O)CNC(=O)[C@H](O)c1ccc(-c2noc(-c3noc(-c4ccccc4)c3C(F)(F)F)n2)cc1. The van der Waals surface area contributed by atoms with E-state index in [2.05, 4.69) is 25.9 Å². The van der Waals surface area contributed by atoms with E-state index in [4.69, 9.17) is 9.05 Å². The third kappa shape index (κ3) is 5.67. The van der Waals surface area contributed by atoms with Gasteiger partial charge < -0.3 is 24.8 Å². The van der Waals surface area contributed by atoms with Crippen molar-refractivity contribution in [3.63, 3.8) is 0 Å². The molecule has 3 N–H and O–H groups in total. The molecule has 0 radical (unpaired) electrons. The predicted octanol–water partition coefficient (Wildman–Crippen LogP) is 3.36. The van der Waals surface area contributed by atoms with E-state index in [1.807, 2.05) is 0 Å². The highest BCUT2D eigenvalue weighted by atomic mass is 19.4. The average molecular weight is 515 g/mol. The summed E-state index contributed by atoms with van der Waals surface area (Å²) in [6, 6.07) is 13.4. The van der Waals surface area contributed by atoms with E-state index in [0.29, 0.717) is 12.1 Å². The summed E-state index contributed by atoms with van der Waals surface area (Å²) in [4.78, 5) is 27.6. The van der Waals surface area contributed by atoms with Crippen LogP contribution in [0.3, 0.4) is 0 Å². The summed E-state index contributed by atoms with van der Waals surface area (Å²) < 4.78 is 51.7. The van der Waals surface area contributed by atoms with Gasteiger partial charge in [-0.1, -0.05) is 64.9 Å². The van der Waals surface area contributed by atoms with Gasteiger partial charge in [0.05, 0.1) is 6.54 Å². The number of carbonyl (C=O) groups is 2. The number of likely N-dealkylation sites (N-methyl/N-ethyl adjacent to an activating group) is 1. The molecule has 0 fully saturated rings. The fraction of sp³-hybridized carbons (Fsp3) is 0.208. The number of rotatable bonds is 8. The van der Waals surface area contributed by atoms with Crippen LogP contribution in [0.15, 0.2) is 63.6 Å². The largest absolute Gasteiger partial charge is 0.422 e. The molecule has 10 nitrogen and oxygen atoms in total. The summed E-state index contributed by atoms with van der Waals surface area (Å²) in [5, 5.41) is 22.3. The van der Waals surface area contributed by atoms with Crippen LogP contribution in [0.5, 0.6) is 0 Å². The van der Waals surface area contributed by atoms with Crippen LogP contribution in [0.1, 0.15) is 24.2 Å². The van der Waals surface area contributed by atoms with E-state index in [0.717, 1.165) is 0 Å². The minimum absolute atomic E-state index is 0.0471. The summed E-state index contributed by atoms with van der Waals surface area (Å²) in [6.45, 7) is 1.84. The molecule has 2 amide bonds. The van der Waals surface area contributed by atoms with Gasteiger partial charge in [-0.3, -0.25) is 9.59 Å². The number of halogens is 3. The number of aromatic nitrogens is 3. The summed E-state index contributed by atoms with van der Waals surface area (Å²) in [5.74, 6) is -2.20. The average Bonchev–Trinajstić information content (AvgIpc) is 3.55. The maximum absolute atomic E-state index is 13.9. The zero-order valence-corrected chi connectivity index (χ0v) is 19.2. The lowest BCUT2D eigenvalue weighted by molar-refractivity contribution is -0.137. The van der Waals surface area contributed by atoms with Crippen LogP contribution in [0.25, 0.3) is 34.3 Å². The Balaban J connectivity index is 1.54. The molecule has 192 valence electrons. The quantitative estimate of drug-likeness (QED) is 0.324. The van der Waals surface area contributed by atoms with E-state index < -0.39 is 47.0 Å². The van der Waals surface area contributed by atoms with Crippen LogP contribution in [-0.4, -0.2) is 45.3 Å². The molecule has 1 atom stereocenters. The Labute approximate surface area is 207 Å². The van der Waals surface area contributed by atoms with Gasteiger partial charge in [0.2, 0.25) is 11.7 Å². The number of aliphatic hydroxyl groups excluding tert-OH is 1. The molecule has 2 aromatic carbocycles. The van der Waals surface area contributed by atoms with Crippen molar-refractivity contribution < 1.29 is 36.9 Å². The van der Waals surface area contributed by atoms with Gasteiger partial charge in [0, 0.05) is 17.7 Å². The van der Waals surface area contributed by atoms with Gasteiger partial charge in [-0.15, -0.1) is 0 Å². The lowest BCUT2D eigenvalue weighted by atomic mass is 10.1. The van der Waals surface area contributed by atoms with E-state index in [1.54, 1.807) is 25.1 Å². The van der Waals surface area contributed by atoms with Crippen molar-refractivity contribution in [2.75, 3.05) is 13.1 Å². The number of benzene rings is 2. The van der Waals surface area contributed by atoms with Crippen LogP contribution in [0, 0.1) is 0 Å². The Morgan fingerprint density at radius 2 is 1.68 bits per heavy atom. The standard InChI is InChI=1S/C24H20F3N5O5/c1-2-28-16(33)12-29-22(35)19(34)13-8-10-15(11-9-13)21-30-23(37-32-21)18-17(24(25,26)27)20(36-31-18)14-6-4-3-5-7-14/h3-11,19,34H,2,12H2,1H3,(H,28,33)(H,29,35)/t19-/m1/s1. The Bertz CT molecular complexity index is 1380. The van der Waals surface area contributed by atoms with Crippen molar-refractivity contribution in [2.24, 2.45) is 0 Å². The molecule has 0 spiro atoms. The highest BCUT2D eigenvalue weighted by molar-refractivity contribution is 5.87. The van der Waals surface area contributed by atoms with E-state index >= 15 is 0 Å². The van der Waals surface area contributed by atoms with Crippen LogP contribution < -0.4 is 10.6 Å². The molecule has 0 saturated carbocycles. The lowest BCUT2D eigenvalue weighted by Gasteiger charge is -2.11. The minimum atomic E-state index is -4.81. The number of nitrogens with zero attached hydrogens (tertiary/aromatic N) is 3. The number of aliphatic hydroxyl groups is 1. The van der Waals surface area contributed by atoms with Crippen molar-refractivity contribution in [2.45, 2.75) is 19.2 Å². The fourth-order valence-corrected chi connectivity index (χ4v) is 3.41. The maximum atomic E-state index is 13.9. The zero-order valence-electron chi connectivity index (χ0n) is 19.2. The molecule has 2 aromatic heterocycles. The van der Waals surface area contributed by atoms with Gasteiger partial charge in [0.25, 0.3) is 11.8 Å². The van der Waals surface area contributed by atoms with Gasteiger partial charge in [-0.05, 0) is 12.5 Å². The highest BCUT2D eigenvalue weighted by Gasteiger charge is 2.42. The predicted molar refractivity (Wildman–Crippen MR) is 122 cm³/mol. The van der Waals surface area contributed by atoms with Crippen molar-refractivity contribution >= 4 is 11.8 Å². The fourth-order valence-electron chi connectivity index (χ4n) is 3.41. The van der Waals surface area contributed by atoms with Gasteiger partial charge >= 0.3 is 6.18 Å². The molecule has 37 heavy (non-hydrogen) atoms.